The van der Waals surface area contributed by atoms with E-state index in [1.165, 1.54) is 30.7 Å². The Morgan fingerprint density at radius 2 is 2.23 bits per heavy atom. The van der Waals surface area contributed by atoms with Gasteiger partial charge in [0.25, 0.3) is 0 Å². The van der Waals surface area contributed by atoms with Gasteiger partial charge < -0.3 is 5.32 Å². The van der Waals surface area contributed by atoms with Gasteiger partial charge in [-0.05, 0) is 31.4 Å². The van der Waals surface area contributed by atoms with E-state index in [-0.39, 0.29) is 0 Å². The fourth-order valence-electron chi connectivity index (χ4n) is 2.15. The Balaban J connectivity index is 2.10. The lowest BCUT2D eigenvalue weighted by molar-refractivity contribution is 0.823. The molecule has 0 radical (unpaired) electrons. The van der Waals surface area contributed by atoms with E-state index in [1.807, 2.05) is 6.07 Å². The molecule has 0 saturated heterocycles. The van der Waals surface area contributed by atoms with Crippen molar-refractivity contribution in [1.29, 1.82) is 0 Å². The molecule has 1 saturated carbocycles. The molecule has 1 aliphatic carbocycles. The molecule has 13 heavy (non-hydrogen) atoms. The molecule has 0 bridgehead atoms. The van der Waals surface area contributed by atoms with Crippen molar-refractivity contribution in [2.45, 2.75) is 25.3 Å². The molecule has 2 heteroatoms. The van der Waals surface area contributed by atoms with E-state index in [4.69, 9.17) is 0 Å². The van der Waals surface area contributed by atoms with Gasteiger partial charge in [0.1, 0.15) is 0 Å². The summed E-state index contributed by atoms with van der Waals surface area (Å²) in [6.45, 7) is 0. The zero-order valence-electron chi connectivity index (χ0n) is 7.46. The predicted molar refractivity (Wildman–Crippen MR) is 54.8 cm³/mol. The Hall–Kier alpha value is -1.31. The quantitative estimate of drug-likeness (QED) is 0.639. The standard InChI is InChI=1S/C11H12N2/c1-2-5-9-8(4-1)12-10-6-3-7-11(10)13-9/h1-2,4-5,10,12H,3,6-7H2. The summed E-state index contributed by atoms with van der Waals surface area (Å²) in [5.41, 5.74) is 3.65. The molecular weight excluding hydrogens is 160 g/mol. The Bertz CT molecular complexity index is 368. The summed E-state index contributed by atoms with van der Waals surface area (Å²) >= 11 is 0. The summed E-state index contributed by atoms with van der Waals surface area (Å²) in [6.07, 6.45) is 3.70. The lowest BCUT2D eigenvalue weighted by atomic mass is 10.1. The summed E-state index contributed by atoms with van der Waals surface area (Å²) in [7, 11) is 0. The second-order valence-electron chi connectivity index (χ2n) is 3.71. The van der Waals surface area contributed by atoms with Crippen LogP contribution >= 0.6 is 0 Å². The van der Waals surface area contributed by atoms with Crippen molar-refractivity contribution in [3.63, 3.8) is 0 Å². The third-order valence-electron chi connectivity index (χ3n) is 2.83. The fraction of sp³-hybridized carbons (Fsp3) is 0.364. The minimum atomic E-state index is 0.523. The molecule has 0 spiro atoms. The zero-order valence-corrected chi connectivity index (χ0v) is 7.46. The van der Waals surface area contributed by atoms with Gasteiger partial charge in [0, 0.05) is 5.71 Å². The molecule has 1 unspecified atom stereocenters. The minimum absolute atomic E-state index is 0.523. The highest BCUT2D eigenvalue weighted by molar-refractivity contribution is 5.99. The number of aliphatic imine (C=N–C) groups is 1. The Morgan fingerprint density at radius 3 is 3.23 bits per heavy atom. The van der Waals surface area contributed by atoms with Crippen LogP contribution < -0.4 is 5.32 Å². The lowest BCUT2D eigenvalue weighted by Crippen LogP contribution is -2.26. The van der Waals surface area contributed by atoms with Gasteiger partial charge in [0.05, 0.1) is 17.4 Å². The summed E-state index contributed by atoms with van der Waals surface area (Å²) in [5, 5.41) is 3.53. The molecule has 1 N–H and O–H groups in total. The number of nitrogens with zero attached hydrogens (tertiary/aromatic N) is 1. The molecule has 66 valence electrons. The highest BCUT2D eigenvalue weighted by Crippen LogP contribution is 2.34. The number of rotatable bonds is 0. The maximum absolute atomic E-state index is 4.66. The van der Waals surface area contributed by atoms with Crippen LogP contribution in [0.3, 0.4) is 0 Å². The van der Waals surface area contributed by atoms with E-state index in [9.17, 15) is 0 Å². The van der Waals surface area contributed by atoms with Gasteiger partial charge in [0.2, 0.25) is 0 Å². The second-order valence-corrected chi connectivity index (χ2v) is 3.71. The largest absolute Gasteiger partial charge is 0.375 e. The van der Waals surface area contributed by atoms with Crippen LogP contribution in [0, 0.1) is 0 Å². The molecule has 2 nitrogen and oxygen atoms in total. The molecular formula is C11H12N2. The lowest BCUT2D eigenvalue weighted by Gasteiger charge is -2.21. The molecule has 1 aromatic rings. The van der Waals surface area contributed by atoms with Crippen molar-refractivity contribution >= 4 is 17.1 Å². The van der Waals surface area contributed by atoms with Gasteiger partial charge in [-0.3, -0.25) is 4.99 Å². The molecule has 1 heterocycles. The first kappa shape index (κ1) is 7.13. The van der Waals surface area contributed by atoms with E-state index >= 15 is 0 Å². The number of benzene rings is 1. The third-order valence-corrected chi connectivity index (χ3v) is 2.83. The van der Waals surface area contributed by atoms with Gasteiger partial charge in [-0.25, -0.2) is 0 Å². The van der Waals surface area contributed by atoms with E-state index in [1.54, 1.807) is 0 Å². The smallest absolute Gasteiger partial charge is 0.0861 e. The van der Waals surface area contributed by atoms with Crippen molar-refractivity contribution in [1.82, 2.24) is 0 Å². The second kappa shape index (κ2) is 2.59. The van der Waals surface area contributed by atoms with Crippen LogP contribution in [0.4, 0.5) is 11.4 Å². The van der Waals surface area contributed by atoms with Gasteiger partial charge in [0.15, 0.2) is 0 Å². The van der Waals surface area contributed by atoms with Crippen LogP contribution in [0.5, 0.6) is 0 Å². The Labute approximate surface area is 77.7 Å². The molecule has 2 aliphatic rings. The number of hydrogen-bond donors (Lipinski definition) is 1. The van der Waals surface area contributed by atoms with Crippen molar-refractivity contribution in [2.75, 3.05) is 5.32 Å². The predicted octanol–water partition coefficient (Wildman–Crippen LogP) is 2.74. The Kier molecular flexibility index (Phi) is 1.42. The van der Waals surface area contributed by atoms with Crippen LogP contribution in [0.2, 0.25) is 0 Å². The van der Waals surface area contributed by atoms with E-state index in [0.29, 0.717) is 6.04 Å². The highest BCUT2D eigenvalue weighted by Gasteiger charge is 2.26. The highest BCUT2D eigenvalue weighted by atomic mass is 15.0. The average Bonchev–Trinajstić information content (AvgIpc) is 2.61. The molecule has 0 aromatic heterocycles. The third kappa shape index (κ3) is 1.05. The SMILES string of the molecule is c1ccc2c(c1)N=C1CCCC1N2. The average molecular weight is 172 g/mol. The maximum Gasteiger partial charge on any atom is 0.0861 e. The Morgan fingerprint density at radius 1 is 1.31 bits per heavy atom. The first-order valence-corrected chi connectivity index (χ1v) is 4.86. The first-order valence-electron chi connectivity index (χ1n) is 4.86. The van der Waals surface area contributed by atoms with Crippen LogP contribution in [0.15, 0.2) is 29.3 Å². The molecule has 1 aliphatic heterocycles. The zero-order chi connectivity index (χ0) is 8.67. The van der Waals surface area contributed by atoms with Gasteiger partial charge in [-0.2, -0.15) is 0 Å². The monoisotopic (exact) mass is 172 g/mol. The van der Waals surface area contributed by atoms with Gasteiger partial charge >= 0.3 is 0 Å². The van der Waals surface area contributed by atoms with Crippen molar-refractivity contribution in [2.24, 2.45) is 4.99 Å². The van der Waals surface area contributed by atoms with Gasteiger partial charge in [-0.1, -0.05) is 12.1 Å². The van der Waals surface area contributed by atoms with Crippen LogP contribution in [-0.2, 0) is 0 Å². The van der Waals surface area contributed by atoms with E-state index < -0.39 is 0 Å². The normalized spacial score (nSPS) is 24.3. The van der Waals surface area contributed by atoms with Crippen molar-refractivity contribution < 1.29 is 0 Å². The topological polar surface area (TPSA) is 24.4 Å². The molecule has 1 aromatic carbocycles. The van der Waals surface area contributed by atoms with E-state index in [0.717, 1.165) is 5.69 Å². The molecule has 0 amide bonds. The molecule has 3 rings (SSSR count). The number of hydrogen-bond acceptors (Lipinski definition) is 2. The number of nitrogens with one attached hydrogen (secondary N) is 1. The summed E-state index contributed by atoms with van der Waals surface area (Å²) in [4.78, 5) is 4.66. The van der Waals surface area contributed by atoms with E-state index in [2.05, 4.69) is 28.5 Å². The maximum atomic E-state index is 4.66. The minimum Gasteiger partial charge on any atom is -0.375 e. The van der Waals surface area contributed by atoms with Crippen LogP contribution in [0.25, 0.3) is 0 Å². The fourth-order valence-corrected chi connectivity index (χ4v) is 2.15. The number of para-hydroxylation sites is 2. The van der Waals surface area contributed by atoms with Crippen molar-refractivity contribution in [3.8, 4) is 0 Å². The molecule has 1 fully saturated rings. The number of anilines is 1. The van der Waals surface area contributed by atoms with Crippen LogP contribution in [0.1, 0.15) is 19.3 Å². The molecule has 1 atom stereocenters. The number of fused-ring (bicyclic) bond motifs is 2. The summed E-state index contributed by atoms with van der Waals surface area (Å²) in [5.74, 6) is 0. The summed E-state index contributed by atoms with van der Waals surface area (Å²) in [6, 6.07) is 8.80. The van der Waals surface area contributed by atoms with Gasteiger partial charge in [-0.15, -0.1) is 0 Å². The first-order chi connectivity index (χ1) is 6.43. The van der Waals surface area contributed by atoms with Crippen LogP contribution in [-0.4, -0.2) is 11.8 Å². The summed E-state index contributed by atoms with van der Waals surface area (Å²) < 4.78 is 0. The van der Waals surface area contributed by atoms with Crippen molar-refractivity contribution in [3.05, 3.63) is 24.3 Å².